The number of unbranched alkanes of at least 4 members (excludes halogenated alkanes) is 2. The van der Waals surface area contributed by atoms with Crippen LogP contribution in [0.5, 0.6) is 5.75 Å². The number of fused-ring (bicyclic) bond motifs is 1. The van der Waals surface area contributed by atoms with E-state index in [1.54, 1.807) is 6.07 Å². The van der Waals surface area contributed by atoms with Crippen molar-refractivity contribution in [3.8, 4) is 5.75 Å². The molecule has 2 aliphatic rings. The molecule has 0 unspecified atom stereocenters. The minimum absolute atomic E-state index is 0.313. The molecule has 0 aromatic heterocycles. The molecule has 3 heteroatoms. The van der Waals surface area contributed by atoms with E-state index in [-0.39, 0.29) is 0 Å². The van der Waals surface area contributed by atoms with Gasteiger partial charge in [-0.15, -0.1) is 0 Å². The summed E-state index contributed by atoms with van der Waals surface area (Å²) in [6, 6.07) is 7.14. The van der Waals surface area contributed by atoms with E-state index >= 15 is 0 Å². The summed E-state index contributed by atoms with van der Waals surface area (Å²) in [5.74, 6) is 2.66. The average Bonchev–Trinajstić information content (AvgIpc) is 2.87. The van der Waals surface area contributed by atoms with Gasteiger partial charge in [0, 0.05) is 5.39 Å². The maximum Gasteiger partial charge on any atom is 0.167 e. The third-order valence-electron chi connectivity index (χ3n) is 8.86. The van der Waals surface area contributed by atoms with Crippen molar-refractivity contribution in [2.24, 2.45) is 23.7 Å². The van der Waals surface area contributed by atoms with E-state index in [0.717, 1.165) is 29.6 Å². The molecule has 34 heavy (non-hydrogen) atoms. The van der Waals surface area contributed by atoms with Crippen LogP contribution < -0.4 is 4.74 Å². The maximum absolute atomic E-state index is 14.8. The predicted octanol–water partition coefficient (Wildman–Crippen LogP) is 9.64. The average molecular weight is 471 g/mol. The second-order valence-electron chi connectivity index (χ2n) is 11.1. The van der Waals surface area contributed by atoms with Crippen LogP contribution in [-0.2, 0) is 6.42 Å². The minimum atomic E-state index is -0.733. The zero-order chi connectivity index (χ0) is 23.9. The van der Waals surface area contributed by atoms with Crippen molar-refractivity contribution < 1.29 is 13.5 Å². The molecule has 1 nitrogen and oxygen atoms in total. The Hall–Kier alpha value is -1.64. The molecule has 2 fully saturated rings. The third kappa shape index (κ3) is 6.32. The first kappa shape index (κ1) is 25.5. The summed E-state index contributed by atoms with van der Waals surface area (Å²) in [5, 5.41) is 1.07. The van der Waals surface area contributed by atoms with E-state index in [2.05, 4.69) is 6.92 Å². The lowest BCUT2D eigenvalue weighted by atomic mass is 9.68. The highest BCUT2D eigenvalue weighted by Crippen LogP contribution is 2.43. The highest BCUT2D eigenvalue weighted by Gasteiger charge is 2.30. The van der Waals surface area contributed by atoms with Crippen LogP contribution in [-0.4, -0.2) is 6.61 Å². The van der Waals surface area contributed by atoms with Crippen molar-refractivity contribution in [3.05, 3.63) is 41.5 Å². The summed E-state index contributed by atoms with van der Waals surface area (Å²) in [5.41, 5.74) is 0.526. The Bertz CT molecular complexity index is 907. The fourth-order valence-electron chi connectivity index (χ4n) is 6.74. The van der Waals surface area contributed by atoms with E-state index in [4.69, 9.17) is 4.74 Å². The van der Waals surface area contributed by atoms with Crippen molar-refractivity contribution in [1.82, 2.24) is 0 Å². The zero-order valence-corrected chi connectivity index (χ0v) is 21.4. The van der Waals surface area contributed by atoms with Gasteiger partial charge in [0.1, 0.15) is 5.75 Å². The molecule has 0 atom stereocenters. The molecule has 0 spiro atoms. The molecule has 2 aromatic rings. The van der Waals surface area contributed by atoms with Gasteiger partial charge in [-0.2, -0.15) is 0 Å². The highest BCUT2D eigenvalue weighted by atomic mass is 19.2. The topological polar surface area (TPSA) is 9.23 Å². The second-order valence-corrected chi connectivity index (χ2v) is 11.1. The van der Waals surface area contributed by atoms with Gasteiger partial charge >= 0.3 is 0 Å². The van der Waals surface area contributed by atoms with Crippen molar-refractivity contribution in [1.29, 1.82) is 0 Å². The number of hydrogen-bond acceptors (Lipinski definition) is 1. The van der Waals surface area contributed by atoms with E-state index in [1.165, 1.54) is 77.0 Å². The molecule has 0 N–H and O–H groups in total. The largest absolute Gasteiger partial charge is 0.494 e. The Morgan fingerprint density at radius 3 is 2.03 bits per heavy atom. The van der Waals surface area contributed by atoms with Crippen LogP contribution >= 0.6 is 0 Å². The molecule has 0 radical (unpaired) electrons. The molecule has 0 amide bonds. The zero-order valence-electron chi connectivity index (χ0n) is 21.4. The van der Waals surface area contributed by atoms with Gasteiger partial charge < -0.3 is 4.74 Å². The molecule has 0 bridgehead atoms. The smallest absolute Gasteiger partial charge is 0.167 e. The molecule has 188 valence electrons. The lowest BCUT2D eigenvalue weighted by Crippen LogP contribution is -2.26. The third-order valence-corrected chi connectivity index (χ3v) is 8.86. The first-order valence-electron chi connectivity index (χ1n) is 14.1. The predicted molar refractivity (Wildman–Crippen MR) is 138 cm³/mol. The highest BCUT2D eigenvalue weighted by molar-refractivity contribution is 5.85. The molecule has 0 aliphatic heterocycles. The molecular weight excluding hydrogens is 426 g/mol. The van der Waals surface area contributed by atoms with Crippen molar-refractivity contribution in [2.75, 3.05) is 6.61 Å². The number of rotatable bonds is 10. The van der Waals surface area contributed by atoms with Gasteiger partial charge in [0.15, 0.2) is 11.6 Å². The second kappa shape index (κ2) is 12.4. The van der Waals surface area contributed by atoms with E-state index in [1.807, 2.05) is 25.1 Å². The van der Waals surface area contributed by atoms with E-state index < -0.39 is 11.6 Å². The standard InChI is InChI=1S/C31H44F2O/c1-3-5-6-7-22-8-13-24(14-9-22)25-15-10-23(11-16-25)12-17-27-20-26-18-19-28(34-4-2)21-29(26)31(33)30(27)32/h18-25H,3-17H2,1-2H3. The van der Waals surface area contributed by atoms with Crippen LogP contribution in [0.2, 0.25) is 0 Å². The summed E-state index contributed by atoms with van der Waals surface area (Å²) >= 11 is 0. The summed E-state index contributed by atoms with van der Waals surface area (Å²) in [7, 11) is 0. The maximum atomic E-state index is 14.8. The Morgan fingerprint density at radius 2 is 1.41 bits per heavy atom. The normalized spacial score (nSPS) is 25.5. The molecular formula is C31H44F2O. The van der Waals surface area contributed by atoms with Crippen LogP contribution in [0.15, 0.2) is 24.3 Å². The van der Waals surface area contributed by atoms with Crippen LogP contribution in [0, 0.1) is 35.3 Å². The van der Waals surface area contributed by atoms with Gasteiger partial charge in [0.2, 0.25) is 0 Å². The monoisotopic (exact) mass is 470 g/mol. The summed E-state index contributed by atoms with van der Waals surface area (Å²) < 4.78 is 35.1. The van der Waals surface area contributed by atoms with Crippen LogP contribution in [0.25, 0.3) is 10.8 Å². The molecule has 2 saturated carbocycles. The van der Waals surface area contributed by atoms with Crippen LogP contribution in [0.3, 0.4) is 0 Å². The SMILES string of the molecule is CCCCCC1CCC(C2CCC(CCc3cc4ccc(OCC)cc4c(F)c3F)CC2)CC1. The number of ether oxygens (including phenoxy) is 1. The Morgan fingerprint density at radius 1 is 0.765 bits per heavy atom. The van der Waals surface area contributed by atoms with Gasteiger partial charge in [0.05, 0.1) is 6.61 Å². The fraction of sp³-hybridized carbons (Fsp3) is 0.677. The van der Waals surface area contributed by atoms with Gasteiger partial charge in [-0.3, -0.25) is 0 Å². The van der Waals surface area contributed by atoms with Gasteiger partial charge in [0.25, 0.3) is 0 Å². The van der Waals surface area contributed by atoms with Crippen LogP contribution in [0.4, 0.5) is 8.78 Å². The number of benzene rings is 2. The Kier molecular flexibility index (Phi) is 9.25. The van der Waals surface area contributed by atoms with Gasteiger partial charge in [-0.25, -0.2) is 8.78 Å². The first-order valence-corrected chi connectivity index (χ1v) is 14.1. The van der Waals surface area contributed by atoms with Gasteiger partial charge in [-0.05, 0) is 98.3 Å². The van der Waals surface area contributed by atoms with E-state index in [9.17, 15) is 8.78 Å². The minimum Gasteiger partial charge on any atom is -0.494 e. The van der Waals surface area contributed by atoms with Crippen molar-refractivity contribution in [3.63, 3.8) is 0 Å². The molecule has 2 aliphatic carbocycles. The quantitative estimate of drug-likeness (QED) is 0.314. The first-order chi connectivity index (χ1) is 16.6. The number of aryl methyl sites for hydroxylation is 1. The van der Waals surface area contributed by atoms with Crippen molar-refractivity contribution in [2.45, 2.75) is 104 Å². The number of hydrogen-bond donors (Lipinski definition) is 0. The molecule has 0 heterocycles. The molecule has 0 saturated heterocycles. The van der Waals surface area contributed by atoms with Crippen molar-refractivity contribution >= 4 is 10.8 Å². The summed E-state index contributed by atoms with van der Waals surface area (Å²) in [6.45, 7) is 4.69. The summed E-state index contributed by atoms with van der Waals surface area (Å²) in [6.07, 6.45) is 18.2. The summed E-state index contributed by atoms with van der Waals surface area (Å²) in [4.78, 5) is 0. The lowest BCUT2D eigenvalue weighted by molar-refractivity contribution is 0.140. The lowest BCUT2D eigenvalue weighted by Gasteiger charge is -2.38. The van der Waals surface area contributed by atoms with Gasteiger partial charge in [-0.1, -0.05) is 64.4 Å². The van der Waals surface area contributed by atoms with Crippen LogP contribution in [0.1, 0.15) is 103 Å². The Labute approximate surface area is 205 Å². The van der Waals surface area contributed by atoms with E-state index in [0.29, 0.717) is 35.6 Å². The Balaban J connectivity index is 1.25. The fourth-order valence-corrected chi connectivity index (χ4v) is 6.74. The molecule has 4 rings (SSSR count). The number of halogens is 2. The molecule has 2 aromatic carbocycles.